The molecule has 2 aromatic carbocycles. The minimum absolute atomic E-state index is 0.104. The number of amides is 4. The Labute approximate surface area is 151 Å². The Kier molecular flexibility index (Phi) is 4.51. The minimum Gasteiger partial charge on any atom is -0.273 e. The molecule has 1 N–H and O–H groups in total. The van der Waals surface area contributed by atoms with E-state index < -0.39 is 22.8 Å². The molecule has 0 unspecified atom stereocenters. The molecule has 0 aliphatic carbocycles. The van der Waals surface area contributed by atoms with Crippen LogP contribution in [0, 0.1) is 10.1 Å². The predicted molar refractivity (Wildman–Crippen MR) is 93.6 cm³/mol. The van der Waals surface area contributed by atoms with Crippen LogP contribution in [0.25, 0.3) is 6.08 Å². The summed E-state index contributed by atoms with van der Waals surface area (Å²) < 4.78 is 0. The van der Waals surface area contributed by atoms with Crippen LogP contribution >= 0.6 is 11.6 Å². The fourth-order valence-electron chi connectivity index (χ4n) is 2.34. The first kappa shape index (κ1) is 17.3. The third-order valence-electron chi connectivity index (χ3n) is 3.60. The number of rotatable bonds is 3. The number of carbonyl (C=O) groups is 3. The van der Waals surface area contributed by atoms with Crippen molar-refractivity contribution in [3.8, 4) is 0 Å². The summed E-state index contributed by atoms with van der Waals surface area (Å²) in [5.74, 6) is -1.66. The van der Waals surface area contributed by atoms with Crippen molar-refractivity contribution >= 4 is 46.9 Å². The number of nitrogens with one attached hydrogen (secondary N) is 1. The highest BCUT2D eigenvalue weighted by atomic mass is 35.5. The van der Waals surface area contributed by atoms with E-state index in [0.29, 0.717) is 10.6 Å². The predicted octanol–water partition coefficient (Wildman–Crippen LogP) is 2.91. The van der Waals surface area contributed by atoms with Gasteiger partial charge in [0.1, 0.15) is 5.57 Å². The quantitative estimate of drug-likeness (QED) is 0.386. The molecule has 0 bridgehead atoms. The minimum atomic E-state index is -0.929. The molecule has 0 radical (unpaired) electrons. The van der Waals surface area contributed by atoms with Crippen molar-refractivity contribution in [2.75, 3.05) is 4.90 Å². The maximum atomic E-state index is 12.7. The van der Waals surface area contributed by atoms with E-state index in [0.717, 1.165) is 17.0 Å². The van der Waals surface area contributed by atoms with E-state index in [9.17, 15) is 24.5 Å². The summed E-state index contributed by atoms with van der Waals surface area (Å²) >= 11 is 5.80. The number of urea groups is 1. The number of nitro benzene ring substituents is 1. The zero-order chi connectivity index (χ0) is 18.8. The first-order valence-electron chi connectivity index (χ1n) is 7.28. The van der Waals surface area contributed by atoms with Gasteiger partial charge in [0.15, 0.2) is 0 Å². The Hall–Kier alpha value is -3.52. The van der Waals surface area contributed by atoms with Gasteiger partial charge in [-0.3, -0.25) is 25.0 Å². The molecule has 1 fully saturated rings. The molecule has 9 heteroatoms. The van der Waals surface area contributed by atoms with Crippen molar-refractivity contribution in [3.63, 3.8) is 0 Å². The van der Waals surface area contributed by atoms with E-state index in [1.807, 2.05) is 0 Å². The number of hydrogen-bond acceptors (Lipinski definition) is 5. The Morgan fingerprint density at radius 3 is 2.19 bits per heavy atom. The fourth-order valence-corrected chi connectivity index (χ4v) is 2.47. The van der Waals surface area contributed by atoms with Crippen LogP contribution in [-0.2, 0) is 9.59 Å². The number of nitro groups is 1. The molecule has 1 aliphatic rings. The molecule has 1 heterocycles. The van der Waals surface area contributed by atoms with Gasteiger partial charge < -0.3 is 0 Å². The van der Waals surface area contributed by atoms with Gasteiger partial charge in [-0.05, 0) is 35.9 Å². The number of imide groups is 2. The van der Waals surface area contributed by atoms with Crippen molar-refractivity contribution in [2.45, 2.75) is 0 Å². The standard InChI is InChI=1S/C17H10ClN3O5/c18-11-3-1-10(2-4-11)9-14-15(22)19-17(24)20(16(14)23)12-5-7-13(8-6-12)21(25)26/h1-9H,(H,19,22,24). The lowest BCUT2D eigenvalue weighted by molar-refractivity contribution is -0.384. The number of barbiturate groups is 1. The van der Waals surface area contributed by atoms with Gasteiger partial charge in [-0.2, -0.15) is 0 Å². The molecule has 2 aromatic rings. The molecular formula is C17H10ClN3O5. The Balaban J connectivity index is 1.97. The fraction of sp³-hybridized carbons (Fsp3) is 0. The molecular weight excluding hydrogens is 362 g/mol. The molecule has 1 aliphatic heterocycles. The van der Waals surface area contributed by atoms with Crippen LogP contribution in [0.1, 0.15) is 5.56 Å². The van der Waals surface area contributed by atoms with Gasteiger partial charge in [0.25, 0.3) is 17.5 Å². The lowest BCUT2D eigenvalue weighted by Crippen LogP contribution is -2.54. The molecule has 0 atom stereocenters. The maximum Gasteiger partial charge on any atom is 0.335 e. The van der Waals surface area contributed by atoms with Crippen LogP contribution < -0.4 is 10.2 Å². The van der Waals surface area contributed by atoms with Gasteiger partial charge >= 0.3 is 6.03 Å². The summed E-state index contributed by atoms with van der Waals surface area (Å²) in [4.78, 5) is 47.6. The summed E-state index contributed by atoms with van der Waals surface area (Å²) in [6, 6.07) is 10.3. The number of carbonyl (C=O) groups excluding carboxylic acids is 3. The van der Waals surface area contributed by atoms with E-state index >= 15 is 0 Å². The van der Waals surface area contributed by atoms with Gasteiger partial charge in [-0.25, -0.2) is 9.69 Å². The molecule has 1 saturated heterocycles. The molecule has 3 rings (SSSR count). The van der Waals surface area contributed by atoms with Crippen LogP contribution in [0.15, 0.2) is 54.1 Å². The average Bonchev–Trinajstić information content (AvgIpc) is 2.60. The second-order valence-corrected chi connectivity index (χ2v) is 5.72. The first-order chi connectivity index (χ1) is 12.4. The average molecular weight is 372 g/mol. The third-order valence-corrected chi connectivity index (χ3v) is 3.85. The van der Waals surface area contributed by atoms with Gasteiger partial charge in [0.2, 0.25) is 0 Å². The maximum absolute atomic E-state index is 12.7. The Morgan fingerprint density at radius 1 is 1.00 bits per heavy atom. The van der Waals surface area contributed by atoms with Gasteiger partial charge in [0, 0.05) is 17.2 Å². The SMILES string of the molecule is O=C1NC(=O)N(c2ccc([N+](=O)[O-])cc2)C(=O)C1=Cc1ccc(Cl)cc1. The number of non-ortho nitro benzene ring substituents is 1. The topological polar surface area (TPSA) is 110 Å². The highest BCUT2D eigenvalue weighted by Crippen LogP contribution is 2.24. The zero-order valence-corrected chi connectivity index (χ0v) is 13.8. The van der Waals surface area contributed by atoms with Crippen LogP contribution in [0.3, 0.4) is 0 Å². The van der Waals surface area contributed by atoms with E-state index in [1.165, 1.54) is 18.2 Å². The van der Waals surface area contributed by atoms with E-state index in [4.69, 9.17) is 11.6 Å². The lowest BCUT2D eigenvalue weighted by atomic mass is 10.1. The van der Waals surface area contributed by atoms with Crippen molar-refractivity contribution in [1.82, 2.24) is 5.32 Å². The summed E-state index contributed by atoms with van der Waals surface area (Å²) in [5.41, 5.74) is 0.218. The van der Waals surface area contributed by atoms with Crippen molar-refractivity contribution in [3.05, 3.63) is 74.8 Å². The highest BCUT2D eigenvalue weighted by Gasteiger charge is 2.36. The van der Waals surface area contributed by atoms with Gasteiger partial charge in [-0.1, -0.05) is 23.7 Å². The van der Waals surface area contributed by atoms with Crippen molar-refractivity contribution < 1.29 is 19.3 Å². The Morgan fingerprint density at radius 2 is 1.62 bits per heavy atom. The van der Waals surface area contributed by atoms with Crippen LogP contribution in [0.4, 0.5) is 16.2 Å². The molecule has 130 valence electrons. The zero-order valence-electron chi connectivity index (χ0n) is 13.0. The largest absolute Gasteiger partial charge is 0.335 e. The van der Waals surface area contributed by atoms with E-state index in [2.05, 4.69) is 5.32 Å². The van der Waals surface area contributed by atoms with Gasteiger partial charge in [0.05, 0.1) is 10.6 Å². The second-order valence-electron chi connectivity index (χ2n) is 5.28. The van der Waals surface area contributed by atoms with Crippen molar-refractivity contribution in [2.24, 2.45) is 0 Å². The Bertz CT molecular complexity index is 951. The molecule has 26 heavy (non-hydrogen) atoms. The number of halogens is 1. The monoisotopic (exact) mass is 371 g/mol. The van der Waals surface area contributed by atoms with Crippen LogP contribution in [0.5, 0.6) is 0 Å². The summed E-state index contributed by atoms with van der Waals surface area (Å²) in [6.07, 6.45) is 1.33. The molecule has 8 nitrogen and oxygen atoms in total. The molecule has 4 amide bonds. The molecule has 0 saturated carbocycles. The normalized spacial score (nSPS) is 16.0. The summed E-state index contributed by atoms with van der Waals surface area (Å²) in [6.45, 7) is 0. The number of benzene rings is 2. The summed E-state index contributed by atoms with van der Waals surface area (Å²) in [7, 11) is 0. The van der Waals surface area contributed by atoms with Crippen molar-refractivity contribution in [1.29, 1.82) is 0 Å². The molecule has 0 aromatic heterocycles. The lowest BCUT2D eigenvalue weighted by Gasteiger charge is -2.26. The molecule has 0 spiro atoms. The van der Waals surface area contributed by atoms with E-state index in [-0.39, 0.29) is 16.9 Å². The van der Waals surface area contributed by atoms with Crippen LogP contribution in [0.2, 0.25) is 5.02 Å². The summed E-state index contributed by atoms with van der Waals surface area (Å²) in [5, 5.41) is 13.3. The third kappa shape index (κ3) is 3.31. The highest BCUT2D eigenvalue weighted by molar-refractivity contribution is 6.39. The second kappa shape index (κ2) is 6.77. The first-order valence-corrected chi connectivity index (χ1v) is 7.66. The van der Waals surface area contributed by atoms with Gasteiger partial charge in [-0.15, -0.1) is 0 Å². The van der Waals surface area contributed by atoms with E-state index in [1.54, 1.807) is 24.3 Å². The number of anilines is 1. The smallest absolute Gasteiger partial charge is 0.273 e. The number of nitrogens with zero attached hydrogens (tertiary/aromatic N) is 2. The van der Waals surface area contributed by atoms with Crippen LogP contribution in [-0.4, -0.2) is 22.8 Å². The number of hydrogen-bond donors (Lipinski definition) is 1.